The first kappa shape index (κ1) is 15.8. The number of carbonyl (C=O) groups excluding carboxylic acids is 1. The Labute approximate surface area is 128 Å². The van der Waals surface area contributed by atoms with Gasteiger partial charge in [-0.2, -0.15) is 5.10 Å². The third-order valence-corrected chi connectivity index (χ3v) is 3.43. The van der Waals surface area contributed by atoms with Crippen LogP contribution >= 0.6 is 0 Å². The van der Waals surface area contributed by atoms with E-state index in [1.54, 1.807) is 41.9 Å². The summed E-state index contributed by atoms with van der Waals surface area (Å²) in [6.07, 6.45) is 1.47. The Balaban J connectivity index is 2.24. The van der Waals surface area contributed by atoms with Gasteiger partial charge in [0.2, 0.25) is 0 Å². The van der Waals surface area contributed by atoms with Gasteiger partial charge in [-0.05, 0) is 26.3 Å². The molecule has 0 bridgehead atoms. The van der Waals surface area contributed by atoms with Crippen LogP contribution in [0.4, 0.5) is 0 Å². The number of hydrogen-bond acceptors (Lipinski definition) is 3. The fraction of sp³-hybridized carbons (Fsp3) is 0.312. The third kappa shape index (κ3) is 3.16. The van der Waals surface area contributed by atoms with E-state index in [1.807, 2.05) is 13.8 Å². The molecule has 0 aliphatic heterocycles. The molecule has 0 saturated carbocycles. The molecule has 6 nitrogen and oxygen atoms in total. The number of aliphatic carboxylic acids is 1. The Bertz CT molecular complexity index is 677. The van der Waals surface area contributed by atoms with Crippen LogP contribution in [-0.4, -0.2) is 26.8 Å². The van der Waals surface area contributed by atoms with Gasteiger partial charge in [0.05, 0.1) is 11.8 Å². The minimum Gasteiger partial charge on any atom is -0.479 e. The van der Waals surface area contributed by atoms with Gasteiger partial charge in [-0.25, -0.2) is 4.79 Å². The topological polar surface area (TPSA) is 84.2 Å². The first-order chi connectivity index (χ1) is 10.4. The van der Waals surface area contributed by atoms with Gasteiger partial charge >= 0.3 is 5.97 Å². The predicted octanol–water partition coefficient (Wildman–Crippen LogP) is 2.33. The lowest BCUT2D eigenvalue weighted by molar-refractivity contribution is -0.139. The molecule has 1 atom stereocenters. The lowest BCUT2D eigenvalue weighted by Crippen LogP contribution is -2.34. The van der Waals surface area contributed by atoms with E-state index in [-0.39, 0.29) is 6.04 Å². The highest BCUT2D eigenvalue weighted by Gasteiger charge is 2.24. The number of carbonyl (C=O) groups is 2. The largest absolute Gasteiger partial charge is 0.479 e. The van der Waals surface area contributed by atoms with Gasteiger partial charge < -0.3 is 10.4 Å². The fourth-order valence-corrected chi connectivity index (χ4v) is 2.31. The number of amides is 1. The normalized spacial score (nSPS) is 12.2. The van der Waals surface area contributed by atoms with E-state index in [1.165, 1.54) is 6.20 Å². The standard InChI is InChI=1S/C16H19N3O3/c1-10(2)19-11(3)13(9-17-19)15(20)18-14(16(21)22)12-7-5-4-6-8-12/h4-10,14H,1-3H3,(H,18,20)(H,21,22)/t14-/m0/s1. The maximum absolute atomic E-state index is 12.4. The van der Waals surface area contributed by atoms with Crippen molar-refractivity contribution in [2.24, 2.45) is 0 Å². The molecule has 1 aromatic heterocycles. The molecular formula is C16H19N3O3. The second kappa shape index (κ2) is 6.43. The zero-order valence-corrected chi connectivity index (χ0v) is 12.8. The van der Waals surface area contributed by atoms with Gasteiger partial charge in [0.25, 0.3) is 5.91 Å². The molecule has 1 heterocycles. The lowest BCUT2D eigenvalue weighted by Gasteiger charge is -2.15. The molecule has 0 unspecified atom stereocenters. The van der Waals surface area contributed by atoms with E-state index in [9.17, 15) is 14.7 Å². The molecule has 2 rings (SSSR count). The summed E-state index contributed by atoms with van der Waals surface area (Å²) >= 11 is 0. The monoisotopic (exact) mass is 301 g/mol. The van der Waals surface area contributed by atoms with E-state index in [4.69, 9.17) is 0 Å². The molecule has 2 aromatic rings. The van der Waals surface area contributed by atoms with Gasteiger partial charge in [0, 0.05) is 11.7 Å². The number of benzene rings is 1. The number of carboxylic acids is 1. The van der Waals surface area contributed by atoms with Crippen molar-refractivity contribution in [2.45, 2.75) is 32.9 Å². The van der Waals surface area contributed by atoms with Gasteiger partial charge in [-0.15, -0.1) is 0 Å². The number of carboxylic acid groups (broad SMARTS) is 1. The third-order valence-electron chi connectivity index (χ3n) is 3.43. The Hall–Kier alpha value is -2.63. The van der Waals surface area contributed by atoms with Gasteiger partial charge in [-0.1, -0.05) is 30.3 Å². The number of rotatable bonds is 5. The summed E-state index contributed by atoms with van der Waals surface area (Å²) in [6.45, 7) is 5.72. The molecule has 22 heavy (non-hydrogen) atoms. The Morgan fingerprint density at radius 1 is 1.23 bits per heavy atom. The van der Waals surface area contributed by atoms with Crippen LogP contribution in [0, 0.1) is 6.92 Å². The molecule has 116 valence electrons. The summed E-state index contributed by atoms with van der Waals surface area (Å²) in [6, 6.07) is 7.65. The summed E-state index contributed by atoms with van der Waals surface area (Å²) in [5, 5.41) is 16.1. The highest BCUT2D eigenvalue weighted by Crippen LogP contribution is 2.16. The number of aromatic nitrogens is 2. The lowest BCUT2D eigenvalue weighted by atomic mass is 10.1. The van der Waals surface area contributed by atoms with E-state index in [2.05, 4.69) is 10.4 Å². The zero-order valence-electron chi connectivity index (χ0n) is 12.8. The summed E-state index contributed by atoms with van der Waals surface area (Å²) in [5.74, 6) is -1.55. The van der Waals surface area contributed by atoms with Crippen molar-refractivity contribution >= 4 is 11.9 Å². The average molecular weight is 301 g/mol. The fourth-order valence-electron chi connectivity index (χ4n) is 2.31. The van der Waals surface area contributed by atoms with Crippen LogP contribution in [0.3, 0.4) is 0 Å². The van der Waals surface area contributed by atoms with Crippen molar-refractivity contribution in [3.8, 4) is 0 Å². The number of nitrogens with zero attached hydrogens (tertiary/aromatic N) is 2. The molecule has 1 aromatic carbocycles. The second-order valence-corrected chi connectivity index (χ2v) is 5.34. The highest BCUT2D eigenvalue weighted by molar-refractivity contribution is 5.97. The minimum absolute atomic E-state index is 0.131. The maximum atomic E-state index is 12.4. The summed E-state index contributed by atoms with van der Waals surface area (Å²) in [4.78, 5) is 23.8. The van der Waals surface area contributed by atoms with E-state index >= 15 is 0 Å². The average Bonchev–Trinajstić information content (AvgIpc) is 2.87. The van der Waals surface area contributed by atoms with Gasteiger partial charge in [-0.3, -0.25) is 9.48 Å². The first-order valence-electron chi connectivity index (χ1n) is 7.04. The van der Waals surface area contributed by atoms with Crippen LogP contribution in [0.15, 0.2) is 36.5 Å². The molecule has 0 aliphatic rings. The predicted molar refractivity (Wildman–Crippen MR) is 81.6 cm³/mol. The smallest absolute Gasteiger partial charge is 0.330 e. The van der Waals surface area contributed by atoms with Crippen molar-refractivity contribution in [2.75, 3.05) is 0 Å². The summed E-state index contributed by atoms with van der Waals surface area (Å²) < 4.78 is 1.73. The Morgan fingerprint density at radius 2 is 1.86 bits per heavy atom. The van der Waals surface area contributed by atoms with E-state index < -0.39 is 17.9 Å². The molecule has 0 saturated heterocycles. The van der Waals surface area contributed by atoms with Crippen molar-refractivity contribution < 1.29 is 14.7 Å². The van der Waals surface area contributed by atoms with Crippen LogP contribution in [-0.2, 0) is 4.79 Å². The molecular weight excluding hydrogens is 282 g/mol. The maximum Gasteiger partial charge on any atom is 0.330 e. The van der Waals surface area contributed by atoms with Crippen LogP contribution in [0.1, 0.15) is 47.5 Å². The van der Waals surface area contributed by atoms with Crippen LogP contribution in [0.5, 0.6) is 0 Å². The molecule has 2 N–H and O–H groups in total. The molecule has 0 aliphatic carbocycles. The van der Waals surface area contributed by atoms with Gasteiger partial charge in [0.15, 0.2) is 6.04 Å². The molecule has 1 amide bonds. The molecule has 0 radical (unpaired) electrons. The first-order valence-corrected chi connectivity index (χ1v) is 7.04. The van der Waals surface area contributed by atoms with Crippen LogP contribution in [0.25, 0.3) is 0 Å². The second-order valence-electron chi connectivity index (χ2n) is 5.34. The minimum atomic E-state index is -1.10. The van der Waals surface area contributed by atoms with Crippen molar-refractivity contribution in [3.63, 3.8) is 0 Å². The summed E-state index contributed by atoms with van der Waals surface area (Å²) in [5.41, 5.74) is 1.62. The molecule has 0 fully saturated rings. The van der Waals surface area contributed by atoms with Crippen molar-refractivity contribution in [1.29, 1.82) is 0 Å². The SMILES string of the molecule is Cc1c(C(=O)N[C@H](C(=O)O)c2ccccc2)cnn1C(C)C. The zero-order chi connectivity index (χ0) is 16.3. The Kier molecular flexibility index (Phi) is 4.60. The van der Waals surface area contributed by atoms with E-state index in [0.29, 0.717) is 16.8 Å². The van der Waals surface area contributed by atoms with Crippen molar-refractivity contribution in [1.82, 2.24) is 15.1 Å². The molecule has 0 spiro atoms. The van der Waals surface area contributed by atoms with Crippen LogP contribution in [0.2, 0.25) is 0 Å². The highest BCUT2D eigenvalue weighted by atomic mass is 16.4. The quantitative estimate of drug-likeness (QED) is 0.887. The number of hydrogen-bond donors (Lipinski definition) is 2. The summed E-state index contributed by atoms with van der Waals surface area (Å²) in [7, 11) is 0. The Morgan fingerprint density at radius 3 is 2.36 bits per heavy atom. The van der Waals surface area contributed by atoms with Crippen molar-refractivity contribution in [3.05, 3.63) is 53.3 Å². The van der Waals surface area contributed by atoms with E-state index in [0.717, 1.165) is 0 Å². The molecule has 6 heteroatoms. The number of nitrogens with one attached hydrogen (secondary N) is 1. The van der Waals surface area contributed by atoms with Crippen LogP contribution < -0.4 is 5.32 Å². The van der Waals surface area contributed by atoms with Gasteiger partial charge in [0.1, 0.15) is 0 Å².